The third-order valence-electron chi connectivity index (χ3n) is 3.84. The Hall–Kier alpha value is -3.64. The Morgan fingerprint density at radius 1 is 1.07 bits per heavy atom. The van der Waals surface area contributed by atoms with Gasteiger partial charge in [0.05, 0.1) is 28.1 Å². The van der Waals surface area contributed by atoms with Gasteiger partial charge >= 0.3 is 5.97 Å². The summed E-state index contributed by atoms with van der Waals surface area (Å²) < 4.78 is 40.2. The van der Waals surface area contributed by atoms with E-state index in [4.69, 9.17) is 10.6 Å². The molecule has 3 N–H and O–H groups in total. The summed E-state index contributed by atoms with van der Waals surface area (Å²) in [5, 5.41) is 0.166. The SMILES string of the molecule is NC(=O)CNS(=O)(=O)c1ccc(F)c(C(=O)ON2C(=O)c3ccccc3C2=O)c1. The number of amides is 3. The van der Waals surface area contributed by atoms with Crippen LogP contribution in [0.2, 0.25) is 0 Å². The fourth-order valence-electron chi connectivity index (χ4n) is 2.46. The molecular formula is C17H12FN3O7S. The van der Waals surface area contributed by atoms with Gasteiger partial charge in [-0.3, -0.25) is 14.4 Å². The lowest BCUT2D eigenvalue weighted by atomic mass is 10.1. The minimum Gasteiger partial charge on any atom is -0.369 e. The first kappa shape index (κ1) is 20.1. The minimum atomic E-state index is -4.29. The number of rotatable bonds is 6. The van der Waals surface area contributed by atoms with Crippen LogP contribution in [0, 0.1) is 5.82 Å². The van der Waals surface area contributed by atoms with E-state index in [2.05, 4.69) is 0 Å². The highest BCUT2D eigenvalue weighted by molar-refractivity contribution is 7.89. The Kier molecular flexibility index (Phi) is 5.14. The molecule has 1 aliphatic heterocycles. The average molecular weight is 421 g/mol. The van der Waals surface area contributed by atoms with Crippen molar-refractivity contribution in [1.82, 2.24) is 9.79 Å². The van der Waals surface area contributed by atoms with Crippen molar-refractivity contribution < 1.29 is 36.8 Å². The van der Waals surface area contributed by atoms with Crippen molar-refractivity contribution in [3.63, 3.8) is 0 Å². The molecule has 2 aromatic rings. The Morgan fingerprint density at radius 2 is 1.66 bits per heavy atom. The van der Waals surface area contributed by atoms with Gasteiger partial charge in [-0.15, -0.1) is 0 Å². The van der Waals surface area contributed by atoms with Crippen molar-refractivity contribution in [3.8, 4) is 0 Å². The Labute approximate surface area is 163 Å². The molecule has 12 heteroatoms. The van der Waals surface area contributed by atoms with Crippen molar-refractivity contribution in [2.75, 3.05) is 6.54 Å². The molecule has 0 spiro atoms. The number of carbonyl (C=O) groups is 4. The van der Waals surface area contributed by atoms with Gasteiger partial charge in [-0.25, -0.2) is 22.3 Å². The molecule has 3 amide bonds. The Balaban J connectivity index is 1.86. The summed E-state index contributed by atoms with van der Waals surface area (Å²) in [6.45, 7) is -0.714. The summed E-state index contributed by atoms with van der Waals surface area (Å²) in [6.07, 6.45) is 0. The summed E-state index contributed by atoms with van der Waals surface area (Å²) in [7, 11) is -4.29. The topological polar surface area (TPSA) is 153 Å². The van der Waals surface area contributed by atoms with Gasteiger partial charge in [0.25, 0.3) is 11.8 Å². The van der Waals surface area contributed by atoms with Crippen LogP contribution in [0.3, 0.4) is 0 Å². The van der Waals surface area contributed by atoms with Crippen molar-refractivity contribution in [3.05, 3.63) is 65.0 Å². The molecule has 0 bridgehead atoms. The van der Waals surface area contributed by atoms with Gasteiger partial charge in [-0.2, -0.15) is 0 Å². The largest absolute Gasteiger partial charge is 0.369 e. The summed E-state index contributed by atoms with van der Waals surface area (Å²) >= 11 is 0. The second kappa shape index (κ2) is 7.41. The van der Waals surface area contributed by atoms with Crippen molar-refractivity contribution in [1.29, 1.82) is 0 Å². The number of nitrogens with zero attached hydrogens (tertiary/aromatic N) is 1. The minimum absolute atomic E-state index is 0.00208. The summed E-state index contributed by atoms with van der Waals surface area (Å²) in [5.41, 5.74) is 4.02. The molecule has 3 rings (SSSR count). The number of carbonyl (C=O) groups excluding carboxylic acids is 4. The molecule has 1 aliphatic rings. The smallest absolute Gasteiger partial charge is 0.366 e. The molecule has 0 saturated heterocycles. The maximum atomic E-state index is 14.1. The molecule has 150 valence electrons. The number of nitrogens with one attached hydrogen (secondary N) is 1. The first-order chi connectivity index (χ1) is 13.6. The zero-order chi connectivity index (χ0) is 21.3. The molecule has 0 atom stereocenters. The van der Waals surface area contributed by atoms with Crippen LogP contribution in [0.5, 0.6) is 0 Å². The number of imide groups is 1. The third kappa shape index (κ3) is 3.83. The summed E-state index contributed by atoms with van der Waals surface area (Å²) in [5.74, 6) is -5.43. The van der Waals surface area contributed by atoms with Gasteiger partial charge < -0.3 is 10.6 Å². The van der Waals surface area contributed by atoms with E-state index in [1.54, 1.807) is 0 Å². The van der Waals surface area contributed by atoms with Gasteiger partial charge in [0.2, 0.25) is 15.9 Å². The molecule has 29 heavy (non-hydrogen) atoms. The first-order valence-corrected chi connectivity index (χ1v) is 9.38. The van der Waals surface area contributed by atoms with E-state index in [1.165, 1.54) is 24.3 Å². The molecule has 0 radical (unpaired) electrons. The van der Waals surface area contributed by atoms with E-state index in [-0.39, 0.29) is 16.2 Å². The second-order valence-corrected chi connectivity index (χ2v) is 7.53. The summed E-state index contributed by atoms with van der Waals surface area (Å²) in [6, 6.07) is 7.86. The Morgan fingerprint density at radius 3 is 2.21 bits per heavy atom. The highest BCUT2D eigenvalue weighted by Gasteiger charge is 2.39. The lowest BCUT2D eigenvalue weighted by Crippen LogP contribution is -2.34. The Bertz CT molecular complexity index is 1130. The lowest BCUT2D eigenvalue weighted by Gasteiger charge is -2.13. The van der Waals surface area contributed by atoms with Crippen LogP contribution in [-0.2, 0) is 19.7 Å². The fourth-order valence-corrected chi connectivity index (χ4v) is 3.48. The van der Waals surface area contributed by atoms with Crippen LogP contribution in [0.15, 0.2) is 47.4 Å². The number of hydroxylamine groups is 2. The molecule has 0 fully saturated rings. The van der Waals surface area contributed by atoms with Crippen molar-refractivity contribution >= 4 is 33.7 Å². The van der Waals surface area contributed by atoms with Gasteiger partial charge in [0.1, 0.15) is 5.82 Å². The monoisotopic (exact) mass is 421 g/mol. The highest BCUT2D eigenvalue weighted by atomic mass is 32.2. The van der Waals surface area contributed by atoms with Crippen molar-refractivity contribution in [2.24, 2.45) is 5.73 Å². The number of benzene rings is 2. The number of primary amides is 1. The molecule has 1 heterocycles. The van der Waals surface area contributed by atoms with Crippen LogP contribution in [-0.4, -0.2) is 43.7 Å². The number of nitrogens with two attached hydrogens (primary N) is 1. The predicted octanol–water partition coefficient (Wildman–Crippen LogP) is -0.0427. The van der Waals surface area contributed by atoms with Crippen LogP contribution in [0.25, 0.3) is 0 Å². The van der Waals surface area contributed by atoms with E-state index in [0.29, 0.717) is 12.1 Å². The second-order valence-electron chi connectivity index (χ2n) is 5.76. The van der Waals surface area contributed by atoms with Crippen molar-refractivity contribution in [2.45, 2.75) is 4.90 Å². The molecule has 0 unspecified atom stereocenters. The average Bonchev–Trinajstić information content (AvgIpc) is 2.92. The number of halogens is 1. The van der Waals surface area contributed by atoms with E-state index in [0.717, 1.165) is 6.07 Å². The standard InChI is InChI=1S/C17H12FN3O7S/c18-13-6-5-9(29(26,27)20-8-14(19)22)7-12(13)17(25)28-21-15(23)10-3-1-2-4-11(10)16(21)24/h1-7,20H,8H2,(H2,19,22). The van der Waals surface area contributed by atoms with Crippen LogP contribution in [0.1, 0.15) is 31.1 Å². The third-order valence-corrected chi connectivity index (χ3v) is 5.23. The molecule has 0 aliphatic carbocycles. The lowest BCUT2D eigenvalue weighted by molar-refractivity contribution is -0.116. The van der Waals surface area contributed by atoms with Crippen LogP contribution in [0.4, 0.5) is 4.39 Å². The molecule has 10 nitrogen and oxygen atoms in total. The van der Waals surface area contributed by atoms with E-state index >= 15 is 0 Å². The number of sulfonamides is 1. The molecule has 0 saturated carbocycles. The molecule has 0 aromatic heterocycles. The van der Waals surface area contributed by atoms with Gasteiger partial charge in [0.15, 0.2) is 0 Å². The summed E-state index contributed by atoms with van der Waals surface area (Å²) in [4.78, 5) is 51.7. The predicted molar refractivity (Wildman–Crippen MR) is 93.1 cm³/mol. The van der Waals surface area contributed by atoms with E-state index < -0.39 is 56.5 Å². The highest BCUT2D eigenvalue weighted by Crippen LogP contribution is 2.24. The normalized spacial score (nSPS) is 13.3. The fraction of sp³-hybridized carbons (Fsp3) is 0.0588. The maximum absolute atomic E-state index is 14.1. The van der Waals surface area contributed by atoms with Gasteiger partial charge in [-0.1, -0.05) is 17.2 Å². The number of fused-ring (bicyclic) bond motifs is 1. The number of hydrogen-bond acceptors (Lipinski definition) is 7. The quantitative estimate of drug-likeness (QED) is 0.621. The zero-order valence-corrected chi connectivity index (χ0v) is 15.2. The number of hydrogen-bond donors (Lipinski definition) is 2. The molecule has 2 aromatic carbocycles. The first-order valence-electron chi connectivity index (χ1n) is 7.89. The van der Waals surface area contributed by atoms with Crippen LogP contribution >= 0.6 is 0 Å². The van der Waals surface area contributed by atoms with Crippen LogP contribution < -0.4 is 10.5 Å². The van der Waals surface area contributed by atoms with Gasteiger partial charge in [-0.05, 0) is 30.3 Å². The molecular weight excluding hydrogens is 409 g/mol. The zero-order valence-electron chi connectivity index (χ0n) is 14.4. The van der Waals surface area contributed by atoms with E-state index in [9.17, 15) is 32.0 Å². The van der Waals surface area contributed by atoms with E-state index in [1.807, 2.05) is 4.72 Å². The maximum Gasteiger partial charge on any atom is 0.366 e. The van der Waals surface area contributed by atoms with Gasteiger partial charge in [0, 0.05) is 0 Å².